The molecule has 0 radical (unpaired) electrons. The molecule has 2 heterocycles. The SMILES string of the molecule is COCCCNC(=O)c1c(NC(=O)c2cc(-c3cc(C)ccc3O)n[nH]2)sc2c1CCCC2. The van der Waals surface area contributed by atoms with Crippen molar-refractivity contribution in [3.63, 3.8) is 0 Å². The van der Waals surface area contributed by atoms with Crippen molar-refractivity contribution in [2.24, 2.45) is 0 Å². The summed E-state index contributed by atoms with van der Waals surface area (Å²) < 4.78 is 5.05. The lowest BCUT2D eigenvalue weighted by Gasteiger charge is -2.13. The first-order valence-electron chi connectivity index (χ1n) is 11.1. The molecular weight excluding hydrogens is 440 g/mol. The largest absolute Gasteiger partial charge is 0.507 e. The predicted molar refractivity (Wildman–Crippen MR) is 128 cm³/mol. The van der Waals surface area contributed by atoms with Gasteiger partial charge in [0.25, 0.3) is 11.8 Å². The number of aromatic nitrogens is 2. The number of thiophene rings is 1. The standard InChI is InChI=1S/C24H28N4O4S/c1-14-8-9-19(29)16(12-14)17-13-18(28-27-17)22(30)26-24-21(23(31)25-10-5-11-32-2)15-6-3-4-7-20(15)33-24/h8-9,12-13,29H,3-7,10-11H2,1-2H3,(H,25,31)(H,26,30)(H,27,28). The van der Waals surface area contributed by atoms with Crippen LogP contribution < -0.4 is 10.6 Å². The number of phenols is 1. The van der Waals surface area contributed by atoms with Crippen molar-refractivity contribution >= 4 is 28.2 Å². The molecule has 0 aliphatic heterocycles. The number of phenolic OH excluding ortho intramolecular Hbond substituents is 1. The fourth-order valence-corrected chi connectivity index (χ4v) is 5.28. The van der Waals surface area contributed by atoms with Gasteiger partial charge in [0.15, 0.2) is 0 Å². The summed E-state index contributed by atoms with van der Waals surface area (Å²) >= 11 is 1.47. The molecule has 4 N–H and O–H groups in total. The molecule has 174 valence electrons. The minimum absolute atomic E-state index is 0.0948. The van der Waals surface area contributed by atoms with Crippen LogP contribution in [0.5, 0.6) is 5.75 Å². The molecule has 0 fully saturated rings. The molecular formula is C24H28N4O4S. The average molecular weight is 469 g/mol. The van der Waals surface area contributed by atoms with Crippen LogP contribution in [0.2, 0.25) is 0 Å². The molecule has 0 saturated heterocycles. The number of aryl methyl sites for hydroxylation is 2. The molecule has 1 aliphatic rings. The van der Waals surface area contributed by atoms with Crippen LogP contribution in [0.3, 0.4) is 0 Å². The number of nitrogens with zero attached hydrogens (tertiary/aromatic N) is 1. The van der Waals surface area contributed by atoms with E-state index in [1.807, 2.05) is 13.0 Å². The number of benzene rings is 1. The van der Waals surface area contributed by atoms with E-state index in [0.717, 1.165) is 48.1 Å². The van der Waals surface area contributed by atoms with Crippen LogP contribution in [0.15, 0.2) is 24.3 Å². The summed E-state index contributed by atoms with van der Waals surface area (Å²) in [5.41, 5.74) is 3.86. The number of fused-ring (bicyclic) bond motifs is 1. The minimum atomic E-state index is -0.382. The summed E-state index contributed by atoms with van der Waals surface area (Å²) in [6.45, 7) is 3.00. The van der Waals surface area contributed by atoms with Crippen LogP contribution >= 0.6 is 11.3 Å². The fraction of sp³-hybridized carbons (Fsp3) is 0.375. The molecule has 4 rings (SSSR count). The van der Waals surface area contributed by atoms with Gasteiger partial charge in [0.2, 0.25) is 0 Å². The molecule has 0 atom stereocenters. The number of anilines is 1. The summed E-state index contributed by atoms with van der Waals surface area (Å²) in [7, 11) is 1.63. The Balaban J connectivity index is 1.56. The zero-order chi connectivity index (χ0) is 23.4. The molecule has 1 aliphatic carbocycles. The first-order chi connectivity index (χ1) is 16.0. The summed E-state index contributed by atoms with van der Waals surface area (Å²) in [5.74, 6) is -0.457. The van der Waals surface area contributed by atoms with E-state index in [1.165, 1.54) is 11.3 Å². The predicted octanol–water partition coefficient (Wildman–Crippen LogP) is 4.05. The second kappa shape index (κ2) is 10.2. The van der Waals surface area contributed by atoms with Crippen molar-refractivity contribution in [3.05, 3.63) is 51.5 Å². The van der Waals surface area contributed by atoms with E-state index in [4.69, 9.17) is 4.74 Å². The second-order valence-electron chi connectivity index (χ2n) is 8.16. The number of hydrogen-bond donors (Lipinski definition) is 4. The highest BCUT2D eigenvalue weighted by molar-refractivity contribution is 7.17. The van der Waals surface area contributed by atoms with Crippen molar-refractivity contribution in [3.8, 4) is 17.0 Å². The third-order valence-electron chi connectivity index (χ3n) is 5.69. The average Bonchev–Trinajstić information content (AvgIpc) is 3.43. The van der Waals surface area contributed by atoms with Gasteiger partial charge < -0.3 is 20.5 Å². The fourth-order valence-electron chi connectivity index (χ4n) is 4.00. The lowest BCUT2D eigenvalue weighted by molar-refractivity contribution is 0.0948. The Kier molecular flexibility index (Phi) is 7.10. The van der Waals surface area contributed by atoms with E-state index in [2.05, 4.69) is 20.8 Å². The maximum atomic E-state index is 13.0. The quantitative estimate of drug-likeness (QED) is 0.372. The van der Waals surface area contributed by atoms with Crippen LogP contribution in [0, 0.1) is 6.92 Å². The molecule has 3 aromatic rings. The van der Waals surface area contributed by atoms with E-state index < -0.39 is 0 Å². The Bertz CT molecular complexity index is 1170. The molecule has 2 amide bonds. The van der Waals surface area contributed by atoms with Gasteiger partial charge in [0.1, 0.15) is 16.4 Å². The Morgan fingerprint density at radius 3 is 2.85 bits per heavy atom. The number of carbonyl (C=O) groups excluding carboxylic acids is 2. The maximum Gasteiger partial charge on any atom is 0.274 e. The van der Waals surface area contributed by atoms with Crippen molar-refractivity contribution in [2.75, 3.05) is 25.6 Å². The van der Waals surface area contributed by atoms with Gasteiger partial charge in [0.05, 0.1) is 11.3 Å². The van der Waals surface area contributed by atoms with Gasteiger partial charge in [-0.15, -0.1) is 11.3 Å². The smallest absolute Gasteiger partial charge is 0.274 e. The first kappa shape index (κ1) is 23.0. The van der Waals surface area contributed by atoms with E-state index in [0.29, 0.717) is 35.0 Å². The molecule has 9 heteroatoms. The Morgan fingerprint density at radius 1 is 1.21 bits per heavy atom. The Hall–Kier alpha value is -3.17. The molecule has 1 aromatic carbocycles. The van der Waals surface area contributed by atoms with Crippen molar-refractivity contribution in [1.29, 1.82) is 0 Å². The van der Waals surface area contributed by atoms with Gasteiger partial charge in [0, 0.05) is 30.7 Å². The molecule has 33 heavy (non-hydrogen) atoms. The Labute approximate surface area is 196 Å². The lowest BCUT2D eigenvalue weighted by atomic mass is 9.95. The molecule has 0 spiro atoms. The van der Waals surface area contributed by atoms with Gasteiger partial charge in [-0.05, 0) is 62.8 Å². The van der Waals surface area contributed by atoms with E-state index in [-0.39, 0.29) is 23.3 Å². The van der Waals surface area contributed by atoms with Crippen molar-refractivity contribution < 1.29 is 19.4 Å². The van der Waals surface area contributed by atoms with Crippen LogP contribution in [0.1, 0.15) is 56.1 Å². The highest BCUT2D eigenvalue weighted by atomic mass is 32.1. The highest BCUT2D eigenvalue weighted by Crippen LogP contribution is 2.38. The second-order valence-corrected chi connectivity index (χ2v) is 9.26. The zero-order valence-electron chi connectivity index (χ0n) is 18.8. The van der Waals surface area contributed by atoms with Crippen molar-refractivity contribution in [2.45, 2.75) is 39.0 Å². The highest BCUT2D eigenvalue weighted by Gasteiger charge is 2.27. The first-order valence-corrected chi connectivity index (χ1v) is 11.9. The van der Waals surface area contributed by atoms with Crippen molar-refractivity contribution in [1.82, 2.24) is 15.5 Å². The van der Waals surface area contributed by atoms with E-state index >= 15 is 0 Å². The number of aromatic amines is 1. The molecule has 2 aromatic heterocycles. The number of nitrogens with one attached hydrogen (secondary N) is 3. The number of carbonyl (C=O) groups is 2. The van der Waals surface area contributed by atoms with Gasteiger partial charge in [-0.3, -0.25) is 14.7 Å². The summed E-state index contributed by atoms with van der Waals surface area (Å²) in [6.07, 6.45) is 4.59. The number of amides is 2. The third kappa shape index (κ3) is 5.09. The lowest BCUT2D eigenvalue weighted by Crippen LogP contribution is -2.27. The molecule has 0 unspecified atom stereocenters. The number of H-pyrrole nitrogens is 1. The summed E-state index contributed by atoms with van der Waals surface area (Å²) in [5, 5.41) is 23.5. The monoisotopic (exact) mass is 468 g/mol. The third-order valence-corrected chi connectivity index (χ3v) is 6.89. The van der Waals surface area contributed by atoms with Crippen LogP contribution in [0.4, 0.5) is 5.00 Å². The summed E-state index contributed by atoms with van der Waals surface area (Å²) in [4.78, 5) is 27.2. The van der Waals surface area contributed by atoms with Crippen LogP contribution in [-0.4, -0.2) is 47.4 Å². The normalized spacial score (nSPS) is 12.9. The summed E-state index contributed by atoms with van der Waals surface area (Å²) in [6, 6.07) is 6.82. The topological polar surface area (TPSA) is 116 Å². The van der Waals surface area contributed by atoms with Gasteiger partial charge in [-0.25, -0.2) is 0 Å². The zero-order valence-corrected chi connectivity index (χ0v) is 19.6. The van der Waals surface area contributed by atoms with E-state index in [9.17, 15) is 14.7 Å². The minimum Gasteiger partial charge on any atom is -0.507 e. The number of rotatable bonds is 8. The molecule has 8 nitrogen and oxygen atoms in total. The van der Waals surface area contributed by atoms with Gasteiger partial charge in [-0.2, -0.15) is 5.10 Å². The maximum absolute atomic E-state index is 13.0. The molecule has 0 bridgehead atoms. The number of aromatic hydroxyl groups is 1. The number of ether oxygens (including phenoxy) is 1. The van der Waals surface area contributed by atoms with Gasteiger partial charge >= 0.3 is 0 Å². The Morgan fingerprint density at radius 2 is 2.03 bits per heavy atom. The molecule has 0 saturated carbocycles. The van der Waals surface area contributed by atoms with Crippen LogP contribution in [0.25, 0.3) is 11.3 Å². The van der Waals surface area contributed by atoms with Crippen LogP contribution in [-0.2, 0) is 17.6 Å². The number of hydrogen-bond acceptors (Lipinski definition) is 6. The van der Waals surface area contributed by atoms with Gasteiger partial charge in [-0.1, -0.05) is 11.6 Å². The van der Waals surface area contributed by atoms with E-state index in [1.54, 1.807) is 25.3 Å². The number of methoxy groups -OCH3 is 1.